The molecule has 0 fully saturated rings. The SMILES string of the molecule is CCCc1cc(CCCCc2cc(C)c(O)c(CCC)c2)cc(C)c1O. The lowest BCUT2D eigenvalue weighted by atomic mass is 9.96. The number of hydrogen-bond acceptors (Lipinski definition) is 2. The number of benzene rings is 2. The number of hydrogen-bond donors (Lipinski definition) is 2. The molecule has 0 aromatic heterocycles. The third-order valence-corrected chi connectivity index (χ3v) is 5.10. The normalized spacial score (nSPS) is 11.1. The van der Waals surface area contributed by atoms with Crippen LogP contribution < -0.4 is 0 Å². The fraction of sp³-hybridized carbons (Fsp3) is 0.500. The van der Waals surface area contributed by atoms with E-state index in [1.165, 1.54) is 11.1 Å². The van der Waals surface area contributed by atoms with Gasteiger partial charge in [-0.05, 0) is 85.8 Å². The zero-order valence-electron chi connectivity index (χ0n) is 16.9. The summed E-state index contributed by atoms with van der Waals surface area (Å²) < 4.78 is 0. The first-order valence-electron chi connectivity index (χ1n) is 10.1. The number of aromatic hydroxyl groups is 2. The first kappa shape index (κ1) is 20.4. The maximum absolute atomic E-state index is 10.2. The summed E-state index contributed by atoms with van der Waals surface area (Å²) in [6, 6.07) is 8.60. The zero-order chi connectivity index (χ0) is 19.1. The molecule has 142 valence electrons. The second-order valence-corrected chi connectivity index (χ2v) is 7.55. The van der Waals surface area contributed by atoms with Crippen LogP contribution in [0.2, 0.25) is 0 Å². The molecule has 2 N–H and O–H groups in total. The fourth-order valence-corrected chi connectivity index (χ4v) is 3.73. The predicted molar refractivity (Wildman–Crippen MR) is 110 cm³/mol. The second-order valence-electron chi connectivity index (χ2n) is 7.55. The number of aryl methyl sites for hydroxylation is 6. The number of phenolic OH excluding ortho intramolecular Hbond substituents is 2. The van der Waals surface area contributed by atoms with Crippen LogP contribution in [0.25, 0.3) is 0 Å². The molecule has 2 heteroatoms. The van der Waals surface area contributed by atoms with Gasteiger partial charge in [-0.25, -0.2) is 0 Å². The summed E-state index contributed by atoms with van der Waals surface area (Å²) in [7, 11) is 0. The molecule has 2 aromatic carbocycles. The van der Waals surface area contributed by atoms with Gasteiger partial charge in [-0.2, -0.15) is 0 Å². The van der Waals surface area contributed by atoms with Crippen LogP contribution >= 0.6 is 0 Å². The van der Waals surface area contributed by atoms with E-state index < -0.39 is 0 Å². The molecule has 0 amide bonds. The predicted octanol–water partition coefficient (Wildman–Crippen LogP) is 6.19. The fourth-order valence-electron chi connectivity index (χ4n) is 3.73. The molecule has 2 rings (SSSR count). The minimum atomic E-state index is 0.471. The van der Waals surface area contributed by atoms with Gasteiger partial charge in [0.25, 0.3) is 0 Å². The molecular formula is C24H34O2. The van der Waals surface area contributed by atoms with Gasteiger partial charge in [0.1, 0.15) is 11.5 Å². The van der Waals surface area contributed by atoms with Gasteiger partial charge < -0.3 is 10.2 Å². The lowest BCUT2D eigenvalue weighted by molar-refractivity contribution is 0.462. The highest BCUT2D eigenvalue weighted by atomic mass is 16.3. The Morgan fingerprint density at radius 2 is 1.00 bits per heavy atom. The number of phenols is 2. The smallest absolute Gasteiger partial charge is 0.121 e. The van der Waals surface area contributed by atoms with Crippen LogP contribution in [0.3, 0.4) is 0 Å². The van der Waals surface area contributed by atoms with E-state index >= 15 is 0 Å². The molecule has 0 radical (unpaired) electrons. The first-order valence-corrected chi connectivity index (χ1v) is 10.1. The Kier molecular flexibility index (Phi) is 7.56. The molecule has 0 aliphatic carbocycles. The third-order valence-electron chi connectivity index (χ3n) is 5.10. The second kappa shape index (κ2) is 9.66. The van der Waals surface area contributed by atoms with Gasteiger partial charge in [-0.3, -0.25) is 0 Å². The summed E-state index contributed by atoms with van der Waals surface area (Å²) in [5.74, 6) is 0.942. The lowest BCUT2D eigenvalue weighted by Crippen LogP contribution is -1.96. The molecule has 0 aliphatic heterocycles. The van der Waals surface area contributed by atoms with Crippen LogP contribution in [0.1, 0.15) is 72.9 Å². The number of rotatable bonds is 9. The van der Waals surface area contributed by atoms with E-state index in [1.54, 1.807) is 0 Å². The van der Waals surface area contributed by atoms with Crippen molar-refractivity contribution in [2.24, 2.45) is 0 Å². The highest BCUT2D eigenvalue weighted by molar-refractivity contribution is 5.44. The standard InChI is InChI=1S/C24H34O2/c1-5-9-21-15-19(13-17(3)23(21)25)11-7-8-12-20-14-18(4)24(26)22(16-20)10-6-2/h13-16,25-26H,5-12H2,1-4H3. The highest BCUT2D eigenvalue weighted by Crippen LogP contribution is 2.27. The quantitative estimate of drug-likeness (QED) is 0.527. The van der Waals surface area contributed by atoms with E-state index in [2.05, 4.69) is 38.1 Å². The van der Waals surface area contributed by atoms with Crippen molar-refractivity contribution in [3.8, 4) is 11.5 Å². The minimum absolute atomic E-state index is 0.471. The maximum Gasteiger partial charge on any atom is 0.121 e. The van der Waals surface area contributed by atoms with Crippen LogP contribution in [0.15, 0.2) is 24.3 Å². The van der Waals surface area contributed by atoms with Crippen LogP contribution in [0, 0.1) is 13.8 Å². The van der Waals surface area contributed by atoms with Crippen molar-refractivity contribution in [1.29, 1.82) is 0 Å². The number of unbranched alkanes of at least 4 members (excludes halogenated alkanes) is 1. The van der Waals surface area contributed by atoms with Gasteiger partial charge in [-0.1, -0.05) is 51.0 Å². The molecule has 2 nitrogen and oxygen atoms in total. The minimum Gasteiger partial charge on any atom is -0.507 e. The van der Waals surface area contributed by atoms with Crippen molar-refractivity contribution >= 4 is 0 Å². The van der Waals surface area contributed by atoms with Crippen molar-refractivity contribution in [2.75, 3.05) is 0 Å². The first-order chi connectivity index (χ1) is 12.5. The van der Waals surface area contributed by atoms with Gasteiger partial charge in [-0.15, -0.1) is 0 Å². The van der Waals surface area contributed by atoms with E-state index in [0.29, 0.717) is 11.5 Å². The average molecular weight is 355 g/mol. The Labute approximate surface area is 158 Å². The Balaban J connectivity index is 1.95. The average Bonchev–Trinajstić information content (AvgIpc) is 2.60. The van der Waals surface area contributed by atoms with Crippen molar-refractivity contribution in [1.82, 2.24) is 0 Å². The van der Waals surface area contributed by atoms with Gasteiger partial charge in [0.2, 0.25) is 0 Å². The highest BCUT2D eigenvalue weighted by Gasteiger charge is 2.08. The molecule has 0 unspecified atom stereocenters. The summed E-state index contributed by atoms with van der Waals surface area (Å²) >= 11 is 0. The lowest BCUT2D eigenvalue weighted by Gasteiger charge is -2.12. The summed E-state index contributed by atoms with van der Waals surface area (Å²) in [4.78, 5) is 0. The Hall–Kier alpha value is -1.96. The van der Waals surface area contributed by atoms with E-state index in [9.17, 15) is 10.2 Å². The molecular weight excluding hydrogens is 320 g/mol. The summed E-state index contributed by atoms with van der Waals surface area (Å²) in [5.41, 5.74) is 6.81. The topological polar surface area (TPSA) is 40.5 Å². The molecule has 0 aliphatic rings. The monoisotopic (exact) mass is 354 g/mol. The van der Waals surface area contributed by atoms with E-state index in [0.717, 1.165) is 73.6 Å². The van der Waals surface area contributed by atoms with Gasteiger partial charge in [0, 0.05) is 0 Å². The van der Waals surface area contributed by atoms with Crippen LogP contribution in [-0.4, -0.2) is 10.2 Å². The molecule has 26 heavy (non-hydrogen) atoms. The van der Waals surface area contributed by atoms with Crippen LogP contribution in [0.4, 0.5) is 0 Å². The summed E-state index contributed by atoms with van der Waals surface area (Å²) in [6.45, 7) is 8.28. The largest absolute Gasteiger partial charge is 0.507 e. The van der Waals surface area contributed by atoms with Crippen molar-refractivity contribution in [2.45, 2.75) is 79.1 Å². The van der Waals surface area contributed by atoms with Gasteiger partial charge in [0.05, 0.1) is 0 Å². The Morgan fingerprint density at radius 3 is 1.35 bits per heavy atom. The van der Waals surface area contributed by atoms with E-state index in [1.807, 2.05) is 13.8 Å². The van der Waals surface area contributed by atoms with Gasteiger partial charge in [0.15, 0.2) is 0 Å². The summed E-state index contributed by atoms with van der Waals surface area (Å²) in [5, 5.41) is 20.3. The molecule has 0 heterocycles. The maximum atomic E-state index is 10.2. The molecule has 0 spiro atoms. The zero-order valence-corrected chi connectivity index (χ0v) is 16.9. The van der Waals surface area contributed by atoms with Gasteiger partial charge >= 0.3 is 0 Å². The van der Waals surface area contributed by atoms with Crippen molar-refractivity contribution in [3.63, 3.8) is 0 Å². The van der Waals surface area contributed by atoms with E-state index in [4.69, 9.17) is 0 Å². The Morgan fingerprint density at radius 1 is 0.615 bits per heavy atom. The Bertz CT molecular complexity index is 668. The van der Waals surface area contributed by atoms with Crippen molar-refractivity contribution < 1.29 is 10.2 Å². The van der Waals surface area contributed by atoms with Crippen LogP contribution in [-0.2, 0) is 25.7 Å². The molecule has 0 saturated carbocycles. The van der Waals surface area contributed by atoms with Crippen molar-refractivity contribution in [3.05, 3.63) is 57.6 Å². The molecule has 0 atom stereocenters. The summed E-state index contributed by atoms with van der Waals surface area (Å²) in [6.07, 6.45) is 8.36. The molecule has 2 aromatic rings. The molecule has 0 bridgehead atoms. The third kappa shape index (κ3) is 5.27. The van der Waals surface area contributed by atoms with Crippen LogP contribution in [0.5, 0.6) is 11.5 Å². The molecule has 0 saturated heterocycles. The van der Waals surface area contributed by atoms with E-state index in [-0.39, 0.29) is 0 Å².